The number of pyridine rings is 1. The molecule has 10 heteroatoms. The van der Waals surface area contributed by atoms with Gasteiger partial charge in [0, 0.05) is 24.6 Å². The van der Waals surface area contributed by atoms with Crippen molar-refractivity contribution in [2.75, 3.05) is 6.61 Å². The van der Waals surface area contributed by atoms with Gasteiger partial charge in [-0.2, -0.15) is 13.2 Å². The second kappa shape index (κ2) is 8.54. The van der Waals surface area contributed by atoms with Gasteiger partial charge in [-0.1, -0.05) is 6.07 Å². The van der Waals surface area contributed by atoms with Crippen molar-refractivity contribution in [3.8, 4) is 5.88 Å². The van der Waals surface area contributed by atoms with E-state index in [1.54, 1.807) is 6.92 Å². The topological polar surface area (TPSA) is 94.1 Å². The number of hydrogen-bond acceptors (Lipinski definition) is 6. The molecule has 1 unspecified atom stereocenters. The van der Waals surface area contributed by atoms with Crippen LogP contribution in [0.3, 0.4) is 0 Å². The third kappa shape index (κ3) is 6.23. The Morgan fingerprint density at radius 3 is 2.62 bits per heavy atom. The summed E-state index contributed by atoms with van der Waals surface area (Å²) in [7, 11) is 0. The second-order valence-electron chi connectivity index (χ2n) is 6.84. The summed E-state index contributed by atoms with van der Waals surface area (Å²) in [5, 5.41) is 2.73. The Balaban J connectivity index is 1.57. The van der Waals surface area contributed by atoms with E-state index in [2.05, 4.69) is 25.0 Å². The largest absolute Gasteiger partial charge is 0.468 e. The van der Waals surface area contributed by atoms with Crippen molar-refractivity contribution in [3.63, 3.8) is 0 Å². The van der Waals surface area contributed by atoms with E-state index in [1.165, 1.54) is 30.7 Å². The molecule has 2 aromatic heterocycles. The van der Waals surface area contributed by atoms with Gasteiger partial charge < -0.3 is 10.1 Å². The smallest absolute Gasteiger partial charge is 0.422 e. The van der Waals surface area contributed by atoms with E-state index in [0.717, 1.165) is 12.8 Å². The summed E-state index contributed by atoms with van der Waals surface area (Å²) in [5.74, 6) is -0.400. The van der Waals surface area contributed by atoms with Gasteiger partial charge in [0.2, 0.25) is 5.88 Å². The number of Topliss-reactive ketones (excluding diaryl/α,β-unsaturated/α-hetero) is 1. The van der Waals surface area contributed by atoms with Crippen LogP contribution in [0.5, 0.6) is 5.88 Å². The first kappa shape index (κ1) is 20.7. The maximum Gasteiger partial charge on any atom is 0.422 e. The van der Waals surface area contributed by atoms with Crippen LogP contribution in [0.2, 0.25) is 0 Å². The summed E-state index contributed by atoms with van der Waals surface area (Å²) in [6, 6.07) is 3.83. The number of nitrogens with one attached hydrogen (secondary N) is 1. The van der Waals surface area contributed by atoms with Crippen LogP contribution in [-0.4, -0.2) is 39.4 Å². The highest BCUT2D eigenvalue weighted by Crippen LogP contribution is 2.30. The van der Waals surface area contributed by atoms with Crippen molar-refractivity contribution < 1.29 is 27.5 Å². The minimum Gasteiger partial charge on any atom is -0.468 e. The van der Waals surface area contributed by atoms with Gasteiger partial charge in [-0.15, -0.1) is 0 Å². The lowest BCUT2D eigenvalue weighted by Crippen LogP contribution is -2.28. The quantitative estimate of drug-likeness (QED) is 0.722. The number of halogens is 3. The van der Waals surface area contributed by atoms with Crippen LogP contribution in [0.1, 0.15) is 47.6 Å². The van der Waals surface area contributed by atoms with Gasteiger partial charge in [0.05, 0.1) is 11.7 Å². The molecule has 1 aliphatic rings. The molecule has 0 bridgehead atoms. The molecule has 1 aliphatic carbocycles. The predicted molar refractivity (Wildman–Crippen MR) is 95.1 cm³/mol. The second-order valence-corrected chi connectivity index (χ2v) is 6.84. The van der Waals surface area contributed by atoms with Gasteiger partial charge in [-0.3, -0.25) is 9.59 Å². The Hall–Kier alpha value is -3.04. The molecule has 0 aliphatic heterocycles. The van der Waals surface area contributed by atoms with Crippen LogP contribution in [0.25, 0.3) is 0 Å². The highest BCUT2D eigenvalue weighted by molar-refractivity contribution is 5.93. The number of ether oxygens (including phenoxy) is 1. The number of aromatic nitrogens is 3. The molecule has 154 valence electrons. The third-order valence-electron chi connectivity index (χ3n) is 4.33. The molecule has 0 saturated heterocycles. The number of amides is 1. The minimum absolute atomic E-state index is 0.109. The van der Waals surface area contributed by atoms with Crippen LogP contribution in [0.4, 0.5) is 13.2 Å². The predicted octanol–water partition coefficient (Wildman–Crippen LogP) is 2.83. The Labute approximate surface area is 164 Å². The Morgan fingerprint density at radius 2 is 2.00 bits per heavy atom. The van der Waals surface area contributed by atoms with E-state index >= 15 is 0 Å². The number of rotatable bonds is 8. The maximum absolute atomic E-state index is 12.4. The van der Waals surface area contributed by atoms with Crippen molar-refractivity contribution in [1.82, 2.24) is 20.3 Å². The van der Waals surface area contributed by atoms with Crippen molar-refractivity contribution in [3.05, 3.63) is 47.7 Å². The molecule has 29 heavy (non-hydrogen) atoms. The van der Waals surface area contributed by atoms with Crippen LogP contribution in [-0.2, 0) is 11.2 Å². The lowest BCUT2D eigenvalue weighted by molar-refractivity contribution is -0.154. The Morgan fingerprint density at radius 1 is 1.24 bits per heavy atom. The number of carbonyl (C=O) groups is 2. The van der Waals surface area contributed by atoms with Crippen LogP contribution in [0.15, 0.2) is 30.7 Å². The van der Waals surface area contributed by atoms with Crippen LogP contribution >= 0.6 is 0 Å². The molecule has 2 aromatic rings. The molecule has 1 N–H and O–H groups in total. The van der Waals surface area contributed by atoms with E-state index in [9.17, 15) is 22.8 Å². The summed E-state index contributed by atoms with van der Waals surface area (Å²) in [6.07, 6.45) is 0.110. The molecule has 7 nitrogen and oxygen atoms in total. The molecule has 1 saturated carbocycles. The fourth-order valence-electron chi connectivity index (χ4n) is 2.59. The van der Waals surface area contributed by atoms with Crippen molar-refractivity contribution in [2.24, 2.45) is 5.92 Å². The van der Waals surface area contributed by atoms with Crippen molar-refractivity contribution >= 4 is 11.7 Å². The lowest BCUT2D eigenvalue weighted by atomic mass is 10.1. The number of nitrogens with zero attached hydrogens (tertiary/aromatic N) is 3. The average Bonchev–Trinajstić information content (AvgIpc) is 3.52. The maximum atomic E-state index is 12.4. The van der Waals surface area contributed by atoms with E-state index in [1.807, 2.05) is 0 Å². The number of ketones is 1. The summed E-state index contributed by atoms with van der Waals surface area (Å²) in [5.41, 5.74) is 1.20. The molecule has 0 radical (unpaired) electrons. The zero-order valence-electron chi connectivity index (χ0n) is 15.6. The van der Waals surface area contributed by atoms with Gasteiger partial charge in [0.25, 0.3) is 5.91 Å². The van der Waals surface area contributed by atoms with Crippen LogP contribution in [0, 0.1) is 5.92 Å². The zero-order chi connectivity index (χ0) is 21.0. The van der Waals surface area contributed by atoms with Gasteiger partial charge in [-0.25, -0.2) is 15.0 Å². The van der Waals surface area contributed by atoms with Gasteiger partial charge in [0.1, 0.15) is 17.8 Å². The Kier molecular flexibility index (Phi) is 6.09. The molecule has 1 amide bonds. The van der Waals surface area contributed by atoms with E-state index in [0.29, 0.717) is 11.3 Å². The minimum atomic E-state index is -4.44. The normalized spacial score (nSPS) is 14.9. The first-order chi connectivity index (χ1) is 13.7. The highest BCUT2D eigenvalue weighted by atomic mass is 19.4. The standard InChI is InChI=1S/C19H19F3N4O3/c1-11(13-4-5-17(23-8-13)29-9-19(20,21)22)26-18(28)15-6-14(24-10-25-15)7-16(27)12-2-3-12/h4-6,8,10-12H,2-3,7,9H2,1H3,(H,26,28). The number of alkyl halides is 3. The van der Waals surface area contributed by atoms with Crippen LogP contribution < -0.4 is 10.1 Å². The van der Waals surface area contributed by atoms with Gasteiger partial charge in [0.15, 0.2) is 6.61 Å². The number of carbonyl (C=O) groups excluding carboxylic acids is 2. The highest BCUT2D eigenvalue weighted by Gasteiger charge is 2.30. The van der Waals surface area contributed by atoms with Crippen molar-refractivity contribution in [2.45, 2.75) is 38.4 Å². The number of hydrogen-bond donors (Lipinski definition) is 1. The summed E-state index contributed by atoms with van der Waals surface area (Å²) >= 11 is 0. The van der Waals surface area contributed by atoms with Gasteiger partial charge >= 0.3 is 6.18 Å². The molecule has 3 rings (SSSR count). The molecule has 2 heterocycles. The van der Waals surface area contributed by atoms with E-state index in [4.69, 9.17) is 0 Å². The molecule has 1 atom stereocenters. The molecular weight excluding hydrogens is 389 g/mol. The monoisotopic (exact) mass is 408 g/mol. The van der Waals surface area contributed by atoms with E-state index < -0.39 is 24.7 Å². The molecule has 0 spiro atoms. The fraction of sp³-hybridized carbons (Fsp3) is 0.421. The molecule has 1 fully saturated rings. The van der Waals surface area contributed by atoms with Crippen molar-refractivity contribution in [1.29, 1.82) is 0 Å². The summed E-state index contributed by atoms with van der Waals surface area (Å²) in [6.45, 7) is 0.273. The molecular formula is C19H19F3N4O3. The molecule has 0 aromatic carbocycles. The Bertz CT molecular complexity index is 883. The van der Waals surface area contributed by atoms with Gasteiger partial charge in [-0.05, 0) is 31.4 Å². The SMILES string of the molecule is CC(NC(=O)c1cc(CC(=O)C2CC2)ncn1)c1ccc(OCC(F)(F)F)nc1. The summed E-state index contributed by atoms with van der Waals surface area (Å²) < 4.78 is 41.0. The first-order valence-electron chi connectivity index (χ1n) is 9.01. The fourth-order valence-corrected chi connectivity index (χ4v) is 2.59. The zero-order valence-corrected chi connectivity index (χ0v) is 15.6. The van der Waals surface area contributed by atoms with E-state index in [-0.39, 0.29) is 29.7 Å². The average molecular weight is 408 g/mol. The summed E-state index contributed by atoms with van der Waals surface area (Å²) in [4.78, 5) is 36.1. The lowest BCUT2D eigenvalue weighted by Gasteiger charge is -2.14. The first-order valence-corrected chi connectivity index (χ1v) is 9.01. The third-order valence-corrected chi connectivity index (χ3v) is 4.33.